The third kappa shape index (κ3) is 3.35. The predicted molar refractivity (Wildman–Crippen MR) is 116 cm³/mol. The Labute approximate surface area is 183 Å². The second-order valence-corrected chi connectivity index (χ2v) is 10.5. The molecule has 1 atom stereocenters. The lowest BCUT2D eigenvalue weighted by molar-refractivity contribution is -0.161. The van der Waals surface area contributed by atoms with Gasteiger partial charge in [0.1, 0.15) is 0 Å². The van der Waals surface area contributed by atoms with Crippen molar-refractivity contribution in [3.8, 4) is 0 Å². The molecular formula is C25H31N3O3. The van der Waals surface area contributed by atoms with Gasteiger partial charge in [0.25, 0.3) is 5.91 Å². The van der Waals surface area contributed by atoms with Crippen LogP contribution in [0.2, 0.25) is 0 Å². The molecule has 6 nitrogen and oxygen atoms in total. The summed E-state index contributed by atoms with van der Waals surface area (Å²) in [5.74, 6) is 2.70. The van der Waals surface area contributed by atoms with Gasteiger partial charge in [0, 0.05) is 32.6 Å². The first kappa shape index (κ1) is 19.3. The topological polar surface area (TPSA) is 62.2 Å². The molecule has 1 aromatic rings. The quantitative estimate of drug-likeness (QED) is 0.754. The maximum absolute atomic E-state index is 13.6. The Kier molecular flexibility index (Phi) is 4.58. The molecule has 1 unspecified atom stereocenters. The van der Waals surface area contributed by atoms with Crippen molar-refractivity contribution in [1.82, 2.24) is 9.80 Å². The van der Waals surface area contributed by atoms with Gasteiger partial charge in [0.05, 0.1) is 11.1 Å². The SMILES string of the molecule is O=C(C1CC(c2ccccc2)=NO1)N1CCN(C(=O)C23CC4CC(CC(C4)C2)C3)CC1. The molecule has 0 N–H and O–H groups in total. The van der Waals surface area contributed by atoms with Crippen LogP contribution >= 0.6 is 0 Å². The summed E-state index contributed by atoms with van der Waals surface area (Å²) < 4.78 is 0. The summed E-state index contributed by atoms with van der Waals surface area (Å²) in [4.78, 5) is 36.0. The molecule has 0 spiro atoms. The van der Waals surface area contributed by atoms with Crippen molar-refractivity contribution < 1.29 is 14.4 Å². The van der Waals surface area contributed by atoms with Crippen LogP contribution in [0, 0.1) is 23.2 Å². The number of piperazine rings is 1. The van der Waals surface area contributed by atoms with E-state index in [4.69, 9.17) is 4.84 Å². The molecule has 31 heavy (non-hydrogen) atoms. The summed E-state index contributed by atoms with van der Waals surface area (Å²) in [5, 5.41) is 4.16. The van der Waals surface area contributed by atoms with Crippen LogP contribution in [0.25, 0.3) is 0 Å². The number of rotatable bonds is 3. The Bertz CT molecular complexity index is 869. The van der Waals surface area contributed by atoms with E-state index in [0.717, 1.165) is 48.3 Å². The van der Waals surface area contributed by atoms with E-state index in [2.05, 4.69) is 10.1 Å². The summed E-state index contributed by atoms with van der Waals surface area (Å²) >= 11 is 0. The molecule has 1 saturated heterocycles. The fourth-order valence-electron chi connectivity index (χ4n) is 7.35. The Balaban J connectivity index is 1.05. The molecular weight excluding hydrogens is 390 g/mol. The molecule has 0 aromatic heterocycles. The monoisotopic (exact) mass is 421 g/mol. The maximum Gasteiger partial charge on any atom is 0.267 e. The fraction of sp³-hybridized carbons (Fsp3) is 0.640. The third-order valence-corrected chi connectivity index (χ3v) is 8.42. The van der Waals surface area contributed by atoms with Gasteiger partial charge in [-0.05, 0) is 61.8 Å². The molecule has 2 aliphatic heterocycles. The Morgan fingerprint density at radius 1 is 0.871 bits per heavy atom. The number of oxime groups is 1. The minimum Gasteiger partial charge on any atom is -0.382 e. The van der Waals surface area contributed by atoms with E-state index < -0.39 is 6.10 Å². The van der Waals surface area contributed by atoms with Crippen molar-refractivity contribution in [3.63, 3.8) is 0 Å². The molecule has 2 amide bonds. The molecule has 6 heteroatoms. The highest BCUT2D eigenvalue weighted by molar-refractivity contribution is 6.04. The van der Waals surface area contributed by atoms with Gasteiger partial charge in [-0.15, -0.1) is 0 Å². The first-order chi connectivity index (χ1) is 15.1. The summed E-state index contributed by atoms with van der Waals surface area (Å²) in [6, 6.07) is 9.88. The van der Waals surface area contributed by atoms with Gasteiger partial charge < -0.3 is 14.6 Å². The zero-order valence-electron chi connectivity index (χ0n) is 18.0. The van der Waals surface area contributed by atoms with Gasteiger partial charge >= 0.3 is 0 Å². The van der Waals surface area contributed by atoms with E-state index in [0.29, 0.717) is 38.5 Å². The Morgan fingerprint density at radius 3 is 2.06 bits per heavy atom. The average molecular weight is 422 g/mol. The predicted octanol–water partition coefficient (Wildman–Crippen LogP) is 3.07. The highest BCUT2D eigenvalue weighted by Crippen LogP contribution is 2.60. The van der Waals surface area contributed by atoms with Crippen LogP contribution in [-0.4, -0.2) is 59.6 Å². The number of hydrogen-bond acceptors (Lipinski definition) is 4. The lowest BCUT2D eigenvalue weighted by Gasteiger charge is -2.57. The van der Waals surface area contributed by atoms with E-state index in [1.807, 2.05) is 35.2 Å². The van der Waals surface area contributed by atoms with Crippen LogP contribution in [0.1, 0.15) is 50.5 Å². The number of carbonyl (C=O) groups is 2. The summed E-state index contributed by atoms with van der Waals surface area (Å²) in [6.45, 7) is 2.48. The van der Waals surface area contributed by atoms with Crippen LogP contribution < -0.4 is 0 Å². The van der Waals surface area contributed by atoms with Crippen LogP contribution in [0.15, 0.2) is 35.5 Å². The smallest absolute Gasteiger partial charge is 0.267 e. The second kappa shape index (κ2) is 7.35. The van der Waals surface area contributed by atoms with Gasteiger partial charge in [0.2, 0.25) is 12.0 Å². The van der Waals surface area contributed by atoms with Crippen LogP contribution in [0.3, 0.4) is 0 Å². The molecule has 1 aromatic carbocycles. The molecule has 2 heterocycles. The van der Waals surface area contributed by atoms with Crippen molar-refractivity contribution in [2.24, 2.45) is 28.3 Å². The zero-order chi connectivity index (χ0) is 21.0. The van der Waals surface area contributed by atoms with Gasteiger partial charge in [-0.3, -0.25) is 9.59 Å². The normalized spacial score (nSPS) is 36.3. The van der Waals surface area contributed by atoms with Crippen molar-refractivity contribution in [2.75, 3.05) is 26.2 Å². The zero-order valence-corrected chi connectivity index (χ0v) is 18.0. The number of carbonyl (C=O) groups excluding carboxylic acids is 2. The standard InChI is InChI=1S/C25H31N3O3/c29-23(22-13-21(26-31-22)20-4-2-1-3-5-20)27-6-8-28(9-7-27)24(30)25-14-17-10-18(15-25)12-19(11-17)16-25/h1-5,17-19,22H,6-16H2. The lowest BCUT2D eigenvalue weighted by Crippen LogP contribution is -2.59. The highest BCUT2D eigenvalue weighted by Gasteiger charge is 2.55. The molecule has 6 aliphatic rings. The van der Waals surface area contributed by atoms with Gasteiger partial charge in [-0.25, -0.2) is 0 Å². The maximum atomic E-state index is 13.6. The minimum absolute atomic E-state index is 0.00316. The van der Waals surface area contributed by atoms with Gasteiger partial charge in [-0.2, -0.15) is 0 Å². The second-order valence-electron chi connectivity index (χ2n) is 10.5. The van der Waals surface area contributed by atoms with Crippen molar-refractivity contribution in [1.29, 1.82) is 0 Å². The Hall–Kier alpha value is -2.37. The third-order valence-electron chi connectivity index (χ3n) is 8.42. The van der Waals surface area contributed by atoms with Crippen LogP contribution in [-0.2, 0) is 14.4 Å². The van der Waals surface area contributed by atoms with Crippen molar-refractivity contribution >= 4 is 17.5 Å². The first-order valence-corrected chi connectivity index (χ1v) is 12.0. The van der Waals surface area contributed by atoms with E-state index in [1.165, 1.54) is 19.3 Å². The minimum atomic E-state index is -0.541. The number of benzene rings is 1. The molecule has 4 aliphatic carbocycles. The van der Waals surface area contributed by atoms with E-state index in [9.17, 15) is 9.59 Å². The largest absolute Gasteiger partial charge is 0.382 e. The number of hydrogen-bond donors (Lipinski definition) is 0. The highest BCUT2D eigenvalue weighted by atomic mass is 16.6. The van der Waals surface area contributed by atoms with Crippen LogP contribution in [0.4, 0.5) is 0 Å². The molecule has 5 fully saturated rings. The fourth-order valence-corrected chi connectivity index (χ4v) is 7.35. The number of amides is 2. The Morgan fingerprint density at radius 2 is 1.45 bits per heavy atom. The first-order valence-electron chi connectivity index (χ1n) is 12.0. The molecule has 4 saturated carbocycles. The van der Waals surface area contributed by atoms with Gasteiger partial charge in [0.15, 0.2) is 0 Å². The molecule has 4 bridgehead atoms. The summed E-state index contributed by atoms with van der Waals surface area (Å²) in [6.07, 6.45) is 7.33. The van der Waals surface area contributed by atoms with Crippen molar-refractivity contribution in [3.05, 3.63) is 35.9 Å². The lowest BCUT2D eigenvalue weighted by atomic mass is 9.49. The summed E-state index contributed by atoms with van der Waals surface area (Å²) in [7, 11) is 0. The molecule has 7 rings (SSSR count). The van der Waals surface area contributed by atoms with E-state index in [-0.39, 0.29) is 11.3 Å². The molecule has 0 radical (unpaired) electrons. The van der Waals surface area contributed by atoms with Crippen molar-refractivity contribution in [2.45, 2.75) is 51.0 Å². The number of nitrogens with zero attached hydrogens (tertiary/aromatic N) is 3. The summed E-state index contributed by atoms with van der Waals surface area (Å²) in [5.41, 5.74) is 1.74. The molecule has 164 valence electrons. The average Bonchev–Trinajstić information content (AvgIpc) is 3.28. The van der Waals surface area contributed by atoms with E-state index >= 15 is 0 Å². The van der Waals surface area contributed by atoms with Crippen LogP contribution in [0.5, 0.6) is 0 Å². The van der Waals surface area contributed by atoms with E-state index in [1.54, 1.807) is 0 Å². The van der Waals surface area contributed by atoms with Gasteiger partial charge in [-0.1, -0.05) is 35.5 Å².